The number of nitrogens with zero attached hydrogens (tertiary/aromatic N) is 6. The Balaban J connectivity index is 1.09. The van der Waals surface area contributed by atoms with E-state index in [2.05, 4.69) is 30.8 Å². The summed E-state index contributed by atoms with van der Waals surface area (Å²) < 4.78 is 16.5. The summed E-state index contributed by atoms with van der Waals surface area (Å²) in [5.74, 6) is 0.162. The lowest BCUT2D eigenvalue weighted by atomic mass is 10.0. The number of aromatic nitrogens is 2. The van der Waals surface area contributed by atoms with E-state index >= 15 is 0 Å². The van der Waals surface area contributed by atoms with E-state index in [-0.39, 0.29) is 36.9 Å². The van der Waals surface area contributed by atoms with Gasteiger partial charge in [-0.25, -0.2) is 19.6 Å². The van der Waals surface area contributed by atoms with Crippen LogP contribution in [0.3, 0.4) is 0 Å². The van der Waals surface area contributed by atoms with Gasteiger partial charge in [0, 0.05) is 64.4 Å². The molecule has 17 heteroatoms. The van der Waals surface area contributed by atoms with E-state index in [1.54, 1.807) is 64.2 Å². The predicted molar refractivity (Wildman–Crippen MR) is 202 cm³/mol. The van der Waals surface area contributed by atoms with Gasteiger partial charge in [-0.3, -0.25) is 14.6 Å². The number of hydrazine groups is 1. The molecule has 0 unspecified atom stereocenters. The van der Waals surface area contributed by atoms with Crippen molar-refractivity contribution in [1.29, 1.82) is 0 Å². The molecule has 3 amide bonds. The number of likely N-dealkylation sites (N-methyl/N-ethyl adjacent to an activating group) is 1. The third-order valence-corrected chi connectivity index (χ3v) is 9.74. The van der Waals surface area contributed by atoms with Crippen LogP contribution in [0, 0.1) is 0 Å². The number of methoxy groups -OCH3 is 1. The molecule has 4 heterocycles. The monoisotopic (exact) mass is 753 g/mol. The van der Waals surface area contributed by atoms with Gasteiger partial charge in [-0.2, -0.15) is 4.98 Å². The number of hydrogen-bond donors (Lipinski definition) is 4. The molecular weight excluding hydrogens is 698 g/mol. The van der Waals surface area contributed by atoms with Gasteiger partial charge in [-0.15, -0.1) is 0 Å². The van der Waals surface area contributed by atoms with Crippen LogP contribution in [0.4, 0.5) is 27.9 Å². The number of carboxylic acid groups (broad SMARTS) is 1. The number of piperidine rings is 1. The minimum Gasteiger partial charge on any atom is -0.495 e. The molecule has 17 nitrogen and oxygen atoms in total. The van der Waals surface area contributed by atoms with E-state index in [0.717, 1.165) is 51.9 Å². The van der Waals surface area contributed by atoms with Gasteiger partial charge in [0.05, 0.1) is 25.6 Å². The Bertz CT molecular complexity index is 1640. The van der Waals surface area contributed by atoms with Gasteiger partial charge in [-0.1, -0.05) is 6.92 Å². The first-order valence-electron chi connectivity index (χ1n) is 18.7. The summed E-state index contributed by atoms with van der Waals surface area (Å²) >= 11 is 0. The molecule has 0 spiro atoms. The summed E-state index contributed by atoms with van der Waals surface area (Å²) in [7, 11) is 3.30. The SMILES string of the molecule is CC[C@@H]1C(=O)N(C)c2cnc(Nc3ccc(C(=O)NC4CCN(CCOCC[C@@H](NC(=O)OC(C)(C)C)C(=O)O)CC4)cc3OC)nc2N1N1CCCC1. The van der Waals surface area contributed by atoms with Crippen LogP contribution in [-0.4, -0.2) is 133 Å². The molecule has 0 aliphatic carbocycles. The molecule has 0 saturated carbocycles. The number of nitrogens with one attached hydrogen (secondary N) is 3. The van der Waals surface area contributed by atoms with Crippen LogP contribution in [0.25, 0.3) is 0 Å². The lowest BCUT2D eigenvalue weighted by Crippen LogP contribution is -2.58. The molecule has 2 aromatic rings. The van der Waals surface area contributed by atoms with Gasteiger partial charge < -0.3 is 45.1 Å². The average Bonchev–Trinajstić information content (AvgIpc) is 3.67. The molecule has 0 radical (unpaired) electrons. The predicted octanol–water partition coefficient (Wildman–Crippen LogP) is 3.38. The molecule has 5 rings (SSSR count). The number of benzene rings is 1. The topological polar surface area (TPSA) is 191 Å². The van der Waals surface area contributed by atoms with Crippen molar-refractivity contribution in [2.75, 3.05) is 75.3 Å². The molecule has 3 aliphatic heterocycles. The van der Waals surface area contributed by atoms with Crippen molar-refractivity contribution in [3.63, 3.8) is 0 Å². The molecule has 2 saturated heterocycles. The van der Waals surface area contributed by atoms with Gasteiger partial charge in [-0.05, 0) is 71.1 Å². The Kier molecular flexibility index (Phi) is 13.5. The van der Waals surface area contributed by atoms with Crippen molar-refractivity contribution in [1.82, 2.24) is 30.5 Å². The van der Waals surface area contributed by atoms with Crippen LogP contribution in [0.5, 0.6) is 5.75 Å². The minimum atomic E-state index is -1.15. The van der Waals surface area contributed by atoms with Gasteiger partial charge >= 0.3 is 12.1 Å². The summed E-state index contributed by atoms with van der Waals surface area (Å²) in [6, 6.07) is 3.76. The van der Waals surface area contributed by atoms with Crippen LogP contribution in [0.1, 0.15) is 76.6 Å². The number of aliphatic carboxylic acids is 1. The molecule has 4 N–H and O–H groups in total. The van der Waals surface area contributed by atoms with Crippen molar-refractivity contribution in [3.05, 3.63) is 30.0 Å². The lowest BCUT2D eigenvalue weighted by Gasteiger charge is -2.44. The normalized spacial score (nSPS) is 18.9. The fourth-order valence-electron chi connectivity index (χ4n) is 6.85. The van der Waals surface area contributed by atoms with E-state index in [4.69, 9.17) is 19.2 Å². The maximum atomic E-state index is 13.3. The highest BCUT2D eigenvalue weighted by Gasteiger charge is 2.41. The Morgan fingerprint density at radius 2 is 1.80 bits per heavy atom. The third kappa shape index (κ3) is 10.3. The second-order valence-corrected chi connectivity index (χ2v) is 14.8. The highest BCUT2D eigenvalue weighted by molar-refractivity contribution is 6.04. The minimum absolute atomic E-state index is 0.00752. The zero-order chi connectivity index (χ0) is 39.0. The lowest BCUT2D eigenvalue weighted by molar-refractivity contribution is -0.140. The van der Waals surface area contributed by atoms with Crippen molar-refractivity contribution in [3.8, 4) is 5.75 Å². The number of carbonyl (C=O) groups excluding carboxylic acids is 3. The van der Waals surface area contributed by atoms with E-state index in [0.29, 0.717) is 54.0 Å². The van der Waals surface area contributed by atoms with E-state index in [9.17, 15) is 24.3 Å². The Morgan fingerprint density at radius 1 is 1.07 bits per heavy atom. The molecule has 2 fully saturated rings. The van der Waals surface area contributed by atoms with Gasteiger partial charge in [0.25, 0.3) is 11.8 Å². The second kappa shape index (κ2) is 18.1. The smallest absolute Gasteiger partial charge is 0.408 e. The molecule has 3 aliphatic rings. The fraction of sp³-hybridized carbons (Fsp3) is 0.622. The molecule has 0 bridgehead atoms. The average molecular weight is 754 g/mol. The number of amides is 3. The second-order valence-electron chi connectivity index (χ2n) is 14.8. The standard InChI is InChI=1S/C37H55N9O8/c1-7-28-33(48)43(5)29-23-38-35(42-31(29)46(28)45-15-8-9-16-45)40-26-11-10-24(22-30(26)52-6)32(47)39-25-12-17-44(18-13-25)19-21-53-20-14-27(34(49)50)41-36(51)54-37(2,3)4/h10-11,22-23,25,27-28H,7-9,12-21H2,1-6H3,(H,39,47)(H,41,51)(H,49,50)(H,38,40,42)/t27-,28-/m1/s1. The third-order valence-electron chi connectivity index (χ3n) is 9.74. The van der Waals surface area contributed by atoms with E-state index in [1.807, 2.05) is 11.9 Å². The number of hydrogen-bond acceptors (Lipinski definition) is 13. The van der Waals surface area contributed by atoms with Crippen LogP contribution in [0.15, 0.2) is 24.4 Å². The number of rotatable bonds is 15. The first kappa shape index (κ1) is 40.4. The summed E-state index contributed by atoms with van der Waals surface area (Å²) in [6.07, 6.45) is 5.31. The molecule has 1 aromatic heterocycles. The highest BCUT2D eigenvalue weighted by atomic mass is 16.6. The number of fused-ring (bicyclic) bond motifs is 1. The first-order valence-corrected chi connectivity index (χ1v) is 18.7. The van der Waals surface area contributed by atoms with E-state index < -0.39 is 23.7 Å². The maximum Gasteiger partial charge on any atom is 0.408 e. The van der Waals surface area contributed by atoms with Crippen molar-refractivity contribution >= 4 is 47.0 Å². The molecule has 2 atom stereocenters. The quantitative estimate of drug-likeness (QED) is 0.194. The number of alkyl carbamates (subject to hydrolysis) is 1. The van der Waals surface area contributed by atoms with E-state index in [1.165, 1.54) is 0 Å². The summed E-state index contributed by atoms with van der Waals surface area (Å²) in [4.78, 5) is 63.3. The van der Waals surface area contributed by atoms with Crippen LogP contribution < -0.4 is 30.6 Å². The number of ether oxygens (including phenoxy) is 3. The zero-order valence-corrected chi connectivity index (χ0v) is 32.2. The molecule has 1 aromatic carbocycles. The largest absolute Gasteiger partial charge is 0.495 e. The van der Waals surface area contributed by atoms with Gasteiger partial charge in [0.2, 0.25) is 5.95 Å². The van der Waals surface area contributed by atoms with Crippen LogP contribution >= 0.6 is 0 Å². The summed E-state index contributed by atoms with van der Waals surface area (Å²) in [5.41, 5.74) is 0.988. The zero-order valence-electron chi connectivity index (χ0n) is 32.2. The Hall–Kier alpha value is -4.74. The van der Waals surface area contributed by atoms with Crippen molar-refractivity contribution in [2.24, 2.45) is 0 Å². The molecular formula is C37H55N9O8. The van der Waals surface area contributed by atoms with Crippen molar-refractivity contribution < 1.29 is 38.5 Å². The molecule has 54 heavy (non-hydrogen) atoms. The number of carboxylic acids is 1. The van der Waals surface area contributed by atoms with Gasteiger partial charge in [0.1, 0.15) is 29.1 Å². The van der Waals surface area contributed by atoms with Crippen LogP contribution in [0.2, 0.25) is 0 Å². The number of carbonyl (C=O) groups is 4. The van der Waals surface area contributed by atoms with Crippen LogP contribution in [-0.2, 0) is 19.1 Å². The molecule has 296 valence electrons. The number of anilines is 4. The maximum absolute atomic E-state index is 13.3. The first-order chi connectivity index (χ1) is 25.8. The van der Waals surface area contributed by atoms with Crippen molar-refractivity contribution in [2.45, 2.75) is 89.9 Å². The summed E-state index contributed by atoms with van der Waals surface area (Å²) in [5, 5.41) is 22.5. The fourth-order valence-corrected chi connectivity index (χ4v) is 6.85. The number of likely N-dealkylation sites (tertiary alicyclic amines) is 1. The Labute approximate surface area is 316 Å². The summed E-state index contributed by atoms with van der Waals surface area (Å²) in [6.45, 7) is 11.7. The highest BCUT2D eigenvalue weighted by Crippen LogP contribution is 2.38. The Morgan fingerprint density at radius 3 is 2.44 bits per heavy atom. The van der Waals surface area contributed by atoms with Gasteiger partial charge in [0.15, 0.2) is 5.82 Å².